The first-order valence-electron chi connectivity index (χ1n) is 8.02. The molecule has 0 saturated heterocycles. The number of methoxy groups -OCH3 is 1. The monoisotopic (exact) mass is 385 g/mol. The highest BCUT2D eigenvalue weighted by atomic mass is 32.2. The Labute approximate surface area is 160 Å². The number of hydrogen-bond donors (Lipinski definition) is 1. The van der Waals surface area contributed by atoms with Gasteiger partial charge in [0.15, 0.2) is 5.82 Å². The van der Waals surface area contributed by atoms with Crippen molar-refractivity contribution in [1.29, 1.82) is 0 Å². The van der Waals surface area contributed by atoms with Gasteiger partial charge in [0, 0.05) is 6.07 Å². The molecule has 2 N–H and O–H groups in total. The van der Waals surface area contributed by atoms with E-state index in [1.807, 2.05) is 26.0 Å². The Morgan fingerprint density at radius 2 is 1.85 bits per heavy atom. The first kappa shape index (κ1) is 18.7. The van der Waals surface area contributed by atoms with E-state index in [9.17, 15) is 4.79 Å². The normalized spacial score (nSPS) is 10.7. The Bertz CT molecular complexity index is 982. The molecule has 2 heterocycles. The Morgan fingerprint density at radius 3 is 2.48 bits per heavy atom. The third-order valence-corrected chi connectivity index (χ3v) is 4.41. The molecule has 0 aliphatic heterocycles. The summed E-state index contributed by atoms with van der Waals surface area (Å²) in [6.45, 7) is 3.99. The number of hydrogen-bond acceptors (Lipinski definition) is 8. The van der Waals surface area contributed by atoms with E-state index in [4.69, 9.17) is 15.2 Å². The standard InChI is InChI=1S/C18H19N5O3S/c1-10-5-11(2)7-12(6-10)26-14-8-13(20-9-21-14)23-16(19)15(18(24)25-3)17(22-23)27-4/h5-9H,19H2,1-4H3. The Hall–Kier alpha value is -3.07. The maximum absolute atomic E-state index is 12.0. The molecule has 0 spiro atoms. The van der Waals surface area contributed by atoms with E-state index in [-0.39, 0.29) is 11.4 Å². The summed E-state index contributed by atoms with van der Waals surface area (Å²) in [5.41, 5.74) is 8.50. The number of benzene rings is 1. The van der Waals surface area contributed by atoms with E-state index < -0.39 is 5.97 Å². The van der Waals surface area contributed by atoms with Gasteiger partial charge in [-0.1, -0.05) is 6.07 Å². The molecule has 2 aromatic heterocycles. The SMILES string of the molecule is COC(=O)c1c(SC)nn(-c2cc(Oc3cc(C)cc(C)c3)ncn2)c1N. The van der Waals surface area contributed by atoms with Gasteiger partial charge in [-0.05, 0) is 43.4 Å². The number of aryl methyl sites for hydroxylation is 2. The number of ether oxygens (including phenoxy) is 2. The molecule has 0 bridgehead atoms. The fraction of sp³-hybridized carbons (Fsp3) is 0.222. The van der Waals surface area contributed by atoms with Crippen molar-refractivity contribution in [3.8, 4) is 17.4 Å². The van der Waals surface area contributed by atoms with Crippen LogP contribution >= 0.6 is 11.8 Å². The quantitative estimate of drug-likeness (QED) is 0.527. The molecule has 8 nitrogen and oxygen atoms in total. The summed E-state index contributed by atoms with van der Waals surface area (Å²) in [5.74, 6) is 0.981. The van der Waals surface area contributed by atoms with Crippen molar-refractivity contribution in [2.75, 3.05) is 19.1 Å². The summed E-state index contributed by atoms with van der Waals surface area (Å²) >= 11 is 1.29. The zero-order valence-corrected chi connectivity index (χ0v) is 16.2. The van der Waals surface area contributed by atoms with Crippen LogP contribution in [0, 0.1) is 13.8 Å². The fourth-order valence-electron chi connectivity index (χ4n) is 2.64. The number of carbonyl (C=O) groups is 1. The van der Waals surface area contributed by atoms with Crippen LogP contribution in [0.25, 0.3) is 5.82 Å². The molecule has 1 aromatic carbocycles. The van der Waals surface area contributed by atoms with Crippen LogP contribution in [0.2, 0.25) is 0 Å². The highest BCUT2D eigenvalue weighted by Crippen LogP contribution is 2.29. The van der Waals surface area contributed by atoms with E-state index in [0.717, 1.165) is 11.1 Å². The molecule has 0 saturated carbocycles. The number of nitrogen functional groups attached to an aromatic ring is 1. The third kappa shape index (κ3) is 3.87. The summed E-state index contributed by atoms with van der Waals surface area (Å²) in [6.07, 6.45) is 3.15. The maximum atomic E-state index is 12.0. The molecule has 0 aliphatic rings. The van der Waals surface area contributed by atoms with Crippen LogP contribution in [-0.2, 0) is 4.74 Å². The van der Waals surface area contributed by atoms with Crippen LogP contribution in [-0.4, -0.2) is 39.1 Å². The molecule has 0 unspecified atom stereocenters. The van der Waals surface area contributed by atoms with Gasteiger partial charge in [0.2, 0.25) is 5.88 Å². The topological polar surface area (TPSA) is 105 Å². The molecule has 3 rings (SSSR count). The lowest BCUT2D eigenvalue weighted by molar-refractivity contribution is 0.0598. The van der Waals surface area contributed by atoms with Crippen molar-refractivity contribution in [3.05, 3.63) is 47.3 Å². The number of aromatic nitrogens is 4. The van der Waals surface area contributed by atoms with Crippen LogP contribution < -0.4 is 10.5 Å². The lowest BCUT2D eigenvalue weighted by atomic mass is 10.1. The molecule has 0 amide bonds. The molecule has 0 radical (unpaired) electrons. The maximum Gasteiger partial charge on any atom is 0.344 e. The molecule has 27 heavy (non-hydrogen) atoms. The van der Waals surface area contributed by atoms with Gasteiger partial charge in [0.1, 0.15) is 28.5 Å². The zero-order chi connectivity index (χ0) is 19.6. The van der Waals surface area contributed by atoms with Gasteiger partial charge < -0.3 is 15.2 Å². The highest BCUT2D eigenvalue weighted by molar-refractivity contribution is 7.98. The van der Waals surface area contributed by atoms with Crippen LogP contribution in [0.5, 0.6) is 11.6 Å². The minimum atomic E-state index is -0.552. The lowest BCUT2D eigenvalue weighted by Gasteiger charge is -2.08. The Kier molecular flexibility index (Phi) is 5.31. The van der Waals surface area contributed by atoms with Crippen LogP contribution in [0.4, 0.5) is 5.82 Å². The predicted octanol–water partition coefficient (Wildman–Crippen LogP) is 3.16. The number of rotatable bonds is 5. The van der Waals surface area contributed by atoms with Crippen molar-refractivity contribution in [1.82, 2.24) is 19.7 Å². The van der Waals surface area contributed by atoms with Gasteiger partial charge in [-0.25, -0.2) is 14.8 Å². The number of thioether (sulfide) groups is 1. The molecule has 0 fully saturated rings. The van der Waals surface area contributed by atoms with Crippen molar-refractivity contribution in [3.63, 3.8) is 0 Å². The average Bonchev–Trinajstić information content (AvgIpc) is 2.97. The van der Waals surface area contributed by atoms with Crippen LogP contribution in [0.3, 0.4) is 0 Å². The van der Waals surface area contributed by atoms with Gasteiger partial charge in [0.25, 0.3) is 0 Å². The van der Waals surface area contributed by atoms with Gasteiger partial charge in [0.05, 0.1) is 7.11 Å². The number of anilines is 1. The van der Waals surface area contributed by atoms with Crippen molar-refractivity contribution >= 4 is 23.5 Å². The first-order chi connectivity index (χ1) is 12.9. The lowest BCUT2D eigenvalue weighted by Crippen LogP contribution is -2.08. The fourth-order valence-corrected chi connectivity index (χ4v) is 3.19. The number of esters is 1. The van der Waals surface area contributed by atoms with Crippen LogP contribution in [0.15, 0.2) is 35.6 Å². The molecular weight excluding hydrogens is 366 g/mol. The second-order valence-electron chi connectivity index (χ2n) is 5.81. The van der Waals surface area contributed by atoms with Crippen molar-refractivity contribution < 1.29 is 14.3 Å². The summed E-state index contributed by atoms with van der Waals surface area (Å²) < 4.78 is 12.0. The molecule has 140 valence electrons. The van der Waals surface area contributed by atoms with Crippen LogP contribution in [0.1, 0.15) is 21.5 Å². The minimum absolute atomic E-state index is 0.141. The van der Waals surface area contributed by atoms with E-state index >= 15 is 0 Å². The van der Waals surface area contributed by atoms with Gasteiger partial charge in [-0.15, -0.1) is 11.8 Å². The van der Waals surface area contributed by atoms with E-state index in [1.54, 1.807) is 12.3 Å². The van der Waals surface area contributed by atoms with Crippen molar-refractivity contribution in [2.24, 2.45) is 0 Å². The Morgan fingerprint density at radius 1 is 1.15 bits per heavy atom. The minimum Gasteiger partial charge on any atom is -0.465 e. The largest absolute Gasteiger partial charge is 0.465 e. The number of nitrogens with two attached hydrogens (primary N) is 1. The van der Waals surface area contributed by atoms with Gasteiger partial charge in [-0.3, -0.25) is 0 Å². The molecule has 0 atom stereocenters. The number of nitrogens with zero attached hydrogens (tertiary/aromatic N) is 4. The summed E-state index contributed by atoms with van der Waals surface area (Å²) in [7, 11) is 1.30. The summed E-state index contributed by atoms with van der Waals surface area (Å²) in [6, 6.07) is 7.49. The molecule has 0 aliphatic carbocycles. The smallest absolute Gasteiger partial charge is 0.344 e. The first-order valence-corrected chi connectivity index (χ1v) is 9.24. The molecular formula is C18H19N5O3S. The van der Waals surface area contributed by atoms with E-state index in [2.05, 4.69) is 21.1 Å². The van der Waals surface area contributed by atoms with E-state index in [0.29, 0.717) is 22.5 Å². The van der Waals surface area contributed by atoms with Crippen molar-refractivity contribution in [2.45, 2.75) is 18.9 Å². The Balaban J connectivity index is 1.98. The third-order valence-electron chi connectivity index (χ3n) is 3.73. The second kappa shape index (κ2) is 7.67. The second-order valence-corrected chi connectivity index (χ2v) is 6.61. The highest BCUT2D eigenvalue weighted by Gasteiger charge is 2.24. The molecule has 3 aromatic rings. The van der Waals surface area contributed by atoms with E-state index in [1.165, 1.54) is 29.9 Å². The predicted molar refractivity (Wildman–Crippen MR) is 103 cm³/mol. The average molecular weight is 385 g/mol. The molecule has 9 heteroatoms. The van der Waals surface area contributed by atoms with Gasteiger partial charge >= 0.3 is 5.97 Å². The summed E-state index contributed by atoms with van der Waals surface area (Å²) in [4.78, 5) is 20.3. The number of carbonyl (C=O) groups excluding carboxylic acids is 1. The summed E-state index contributed by atoms with van der Waals surface area (Å²) in [5, 5.41) is 4.81. The zero-order valence-electron chi connectivity index (χ0n) is 15.4. The van der Waals surface area contributed by atoms with Gasteiger partial charge in [-0.2, -0.15) is 9.78 Å².